The fourth-order valence-corrected chi connectivity index (χ4v) is 2.92. The molecule has 0 aliphatic heterocycles. The molecule has 0 aromatic heterocycles. The number of nitrogens with one attached hydrogen (secondary N) is 1. The van der Waals surface area contributed by atoms with Gasteiger partial charge in [-0.3, -0.25) is 0 Å². The lowest BCUT2D eigenvalue weighted by molar-refractivity contribution is 0.0113. The summed E-state index contributed by atoms with van der Waals surface area (Å²) >= 11 is 0. The van der Waals surface area contributed by atoms with Crippen molar-refractivity contribution in [3.63, 3.8) is 0 Å². The fourth-order valence-electron chi connectivity index (χ4n) is 2.92. The smallest absolute Gasteiger partial charge is 0.0623 e. The number of rotatable bonds is 7. The van der Waals surface area contributed by atoms with E-state index >= 15 is 0 Å². The number of hydrogen-bond acceptors (Lipinski definition) is 2. The molecule has 1 N–H and O–H groups in total. The van der Waals surface area contributed by atoms with Gasteiger partial charge in [0.05, 0.1) is 5.60 Å². The van der Waals surface area contributed by atoms with E-state index in [9.17, 15) is 0 Å². The first-order valence-corrected chi connectivity index (χ1v) is 7.35. The molecular formula is C17H27NO. The third-order valence-corrected chi connectivity index (χ3v) is 4.57. The molecule has 1 fully saturated rings. The molecule has 1 aromatic carbocycles. The van der Waals surface area contributed by atoms with E-state index in [-0.39, 0.29) is 5.60 Å². The zero-order valence-electron chi connectivity index (χ0n) is 12.6. The average molecular weight is 261 g/mol. The summed E-state index contributed by atoms with van der Waals surface area (Å²) < 4.78 is 5.52. The van der Waals surface area contributed by atoms with E-state index in [1.807, 2.05) is 0 Å². The quantitative estimate of drug-likeness (QED) is 0.810. The summed E-state index contributed by atoms with van der Waals surface area (Å²) in [6, 6.07) is 11.5. The molecule has 3 unspecified atom stereocenters. The molecule has 2 nitrogen and oxygen atoms in total. The average Bonchev–Trinajstić information content (AvgIpc) is 3.21. The number of methoxy groups -OCH3 is 1. The second-order valence-corrected chi connectivity index (χ2v) is 6.31. The van der Waals surface area contributed by atoms with Crippen LogP contribution in [0.1, 0.15) is 44.6 Å². The van der Waals surface area contributed by atoms with Crippen molar-refractivity contribution in [1.29, 1.82) is 0 Å². The molecule has 1 aromatic rings. The first-order valence-electron chi connectivity index (χ1n) is 7.35. The SMILES string of the molecule is CNC(CCC(C)(C)OC)C1CC1c1ccccc1. The van der Waals surface area contributed by atoms with E-state index < -0.39 is 0 Å². The van der Waals surface area contributed by atoms with Crippen LogP contribution in [-0.4, -0.2) is 25.8 Å². The molecule has 106 valence electrons. The van der Waals surface area contributed by atoms with Gasteiger partial charge in [-0.25, -0.2) is 0 Å². The molecule has 0 saturated heterocycles. The highest BCUT2D eigenvalue weighted by Crippen LogP contribution is 2.50. The second kappa shape index (κ2) is 6.06. The number of hydrogen-bond donors (Lipinski definition) is 1. The summed E-state index contributed by atoms with van der Waals surface area (Å²) in [4.78, 5) is 0. The molecule has 0 amide bonds. The first kappa shape index (κ1) is 14.5. The Bertz CT molecular complexity index is 388. The van der Waals surface area contributed by atoms with Crippen molar-refractivity contribution < 1.29 is 4.74 Å². The van der Waals surface area contributed by atoms with Crippen molar-refractivity contribution in [3.05, 3.63) is 35.9 Å². The van der Waals surface area contributed by atoms with Crippen molar-refractivity contribution in [2.45, 2.75) is 50.7 Å². The molecule has 1 aliphatic carbocycles. The zero-order valence-corrected chi connectivity index (χ0v) is 12.6. The Morgan fingerprint density at radius 1 is 1.32 bits per heavy atom. The van der Waals surface area contributed by atoms with Crippen LogP contribution in [0.2, 0.25) is 0 Å². The molecule has 0 spiro atoms. The lowest BCUT2D eigenvalue weighted by Gasteiger charge is -2.26. The summed E-state index contributed by atoms with van der Waals surface area (Å²) in [5.74, 6) is 1.55. The Kier molecular flexibility index (Phi) is 4.64. The molecule has 1 saturated carbocycles. The molecule has 19 heavy (non-hydrogen) atoms. The maximum absolute atomic E-state index is 5.52. The van der Waals surface area contributed by atoms with Crippen LogP contribution in [0.4, 0.5) is 0 Å². The predicted molar refractivity (Wildman–Crippen MR) is 80.5 cm³/mol. The van der Waals surface area contributed by atoms with Gasteiger partial charge in [-0.1, -0.05) is 30.3 Å². The predicted octanol–water partition coefficient (Wildman–Crippen LogP) is 3.58. The highest BCUT2D eigenvalue weighted by Gasteiger charge is 2.43. The molecule has 2 rings (SSSR count). The lowest BCUT2D eigenvalue weighted by Crippen LogP contribution is -2.32. The van der Waals surface area contributed by atoms with Gasteiger partial charge < -0.3 is 10.1 Å². The van der Waals surface area contributed by atoms with Crippen molar-refractivity contribution in [3.8, 4) is 0 Å². The third kappa shape index (κ3) is 3.80. The molecule has 0 bridgehead atoms. The summed E-state index contributed by atoms with van der Waals surface area (Å²) in [5.41, 5.74) is 1.49. The molecule has 0 heterocycles. The minimum absolute atomic E-state index is 0.00770. The topological polar surface area (TPSA) is 21.3 Å². The standard InChI is InChI=1S/C17H27NO/c1-17(2,19-4)11-10-16(18-3)15-12-14(15)13-8-6-5-7-9-13/h5-9,14-16,18H,10-12H2,1-4H3. The molecule has 1 aliphatic rings. The van der Waals surface area contributed by atoms with E-state index in [4.69, 9.17) is 4.74 Å². The summed E-state index contributed by atoms with van der Waals surface area (Å²) in [6.07, 6.45) is 3.61. The third-order valence-electron chi connectivity index (χ3n) is 4.57. The van der Waals surface area contributed by atoms with Crippen LogP contribution in [-0.2, 0) is 4.74 Å². The fraction of sp³-hybridized carbons (Fsp3) is 0.647. The summed E-state index contributed by atoms with van der Waals surface area (Å²) in [6.45, 7) is 4.34. The van der Waals surface area contributed by atoms with Crippen molar-refractivity contribution in [1.82, 2.24) is 5.32 Å². The van der Waals surface area contributed by atoms with Gasteiger partial charge in [0.15, 0.2) is 0 Å². The van der Waals surface area contributed by atoms with E-state index in [0.717, 1.165) is 18.3 Å². The van der Waals surface area contributed by atoms with Gasteiger partial charge in [0.1, 0.15) is 0 Å². The Balaban J connectivity index is 1.87. The monoisotopic (exact) mass is 261 g/mol. The van der Waals surface area contributed by atoms with Gasteiger partial charge in [0.2, 0.25) is 0 Å². The second-order valence-electron chi connectivity index (χ2n) is 6.31. The summed E-state index contributed by atoms with van der Waals surface area (Å²) in [5, 5.41) is 3.50. The van der Waals surface area contributed by atoms with Crippen molar-refractivity contribution in [2.24, 2.45) is 5.92 Å². The van der Waals surface area contributed by atoms with Gasteiger partial charge in [-0.05, 0) is 57.6 Å². The highest BCUT2D eigenvalue weighted by molar-refractivity contribution is 5.26. The van der Waals surface area contributed by atoms with Crippen LogP contribution in [0, 0.1) is 5.92 Å². The van der Waals surface area contributed by atoms with Crippen LogP contribution in [0.3, 0.4) is 0 Å². The van der Waals surface area contributed by atoms with Gasteiger partial charge in [0, 0.05) is 13.2 Å². The summed E-state index contributed by atoms with van der Waals surface area (Å²) in [7, 11) is 3.89. The van der Waals surface area contributed by atoms with Crippen LogP contribution in [0.25, 0.3) is 0 Å². The van der Waals surface area contributed by atoms with E-state index in [1.165, 1.54) is 18.4 Å². The molecule has 3 atom stereocenters. The Morgan fingerprint density at radius 3 is 2.58 bits per heavy atom. The zero-order chi connectivity index (χ0) is 13.9. The Labute approximate surface area is 117 Å². The van der Waals surface area contributed by atoms with Crippen LogP contribution >= 0.6 is 0 Å². The van der Waals surface area contributed by atoms with E-state index in [1.54, 1.807) is 7.11 Å². The van der Waals surface area contributed by atoms with Gasteiger partial charge >= 0.3 is 0 Å². The normalized spacial score (nSPS) is 24.2. The minimum Gasteiger partial charge on any atom is -0.379 e. The molecule has 0 radical (unpaired) electrons. The van der Waals surface area contributed by atoms with Crippen molar-refractivity contribution >= 4 is 0 Å². The van der Waals surface area contributed by atoms with Crippen LogP contribution < -0.4 is 5.32 Å². The first-order chi connectivity index (χ1) is 9.07. The lowest BCUT2D eigenvalue weighted by atomic mass is 9.95. The minimum atomic E-state index is -0.00770. The molecule has 2 heteroatoms. The van der Waals surface area contributed by atoms with Crippen LogP contribution in [0.5, 0.6) is 0 Å². The van der Waals surface area contributed by atoms with E-state index in [2.05, 4.69) is 56.5 Å². The Hall–Kier alpha value is -0.860. The number of ether oxygens (including phenoxy) is 1. The largest absolute Gasteiger partial charge is 0.379 e. The van der Waals surface area contributed by atoms with Gasteiger partial charge in [0.25, 0.3) is 0 Å². The molecular weight excluding hydrogens is 234 g/mol. The van der Waals surface area contributed by atoms with Gasteiger partial charge in [-0.15, -0.1) is 0 Å². The maximum atomic E-state index is 5.52. The van der Waals surface area contributed by atoms with Gasteiger partial charge in [-0.2, -0.15) is 0 Å². The Morgan fingerprint density at radius 2 is 2.00 bits per heavy atom. The van der Waals surface area contributed by atoms with Crippen molar-refractivity contribution in [2.75, 3.05) is 14.2 Å². The highest BCUT2D eigenvalue weighted by atomic mass is 16.5. The van der Waals surface area contributed by atoms with Crippen LogP contribution in [0.15, 0.2) is 30.3 Å². The van der Waals surface area contributed by atoms with E-state index in [0.29, 0.717) is 6.04 Å². The maximum Gasteiger partial charge on any atom is 0.0623 e. The number of benzene rings is 1.